The van der Waals surface area contributed by atoms with Gasteiger partial charge in [-0.25, -0.2) is 9.13 Å². The summed E-state index contributed by atoms with van der Waals surface area (Å²) in [6, 6.07) is 0. The predicted molar refractivity (Wildman–Crippen MR) is 395 cm³/mol. The molecule has 0 fully saturated rings. The van der Waals surface area contributed by atoms with Crippen molar-refractivity contribution in [3.05, 3.63) is 0 Å². The van der Waals surface area contributed by atoms with Crippen molar-refractivity contribution in [3.8, 4) is 0 Å². The van der Waals surface area contributed by atoms with Crippen molar-refractivity contribution in [1.82, 2.24) is 0 Å². The van der Waals surface area contributed by atoms with E-state index in [0.717, 1.165) is 89.9 Å². The number of esters is 4. The van der Waals surface area contributed by atoms with Crippen LogP contribution < -0.4 is 0 Å². The number of unbranched alkanes of at least 4 members (excludes halogenated alkanes) is 53. The summed E-state index contributed by atoms with van der Waals surface area (Å²) in [5, 5.41) is 10.6. The predicted octanol–water partition coefficient (Wildman–Crippen LogP) is 23.4. The van der Waals surface area contributed by atoms with E-state index in [1.54, 1.807) is 0 Å². The summed E-state index contributed by atoms with van der Waals surface area (Å²) in [7, 11) is -9.91. The largest absolute Gasteiger partial charge is 0.472 e. The Morgan fingerprint density at radius 3 is 0.608 bits per heavy atom. The number of aliphatic hydroxyl groups excluding tert-OH is 1. The number of phosphoric ester groups is 2. The Kier molecular flexibility index (Phi) is 71.0. The summed E-state index contributed by atoms with van der Waals surface area (Å²) in [6.07, 6.45) is 63.6. The molecule has 0 rings (SSSR count). The summed E-state index contributed by atoms with van der Waals surface area (Å²) >= 11 is 0. The van der Waals surface area contributed by atoms with Crippen LogP contribution in [0.3, 0.4) is 0 Å². The lowest BCUT2D eigenvalue weighted by Gasteiger charge is -2.21. The molecule has 0 aromatic heterocycles. The molecule has 3 N–H and O–H groups in total. The van der Waals surface area contributed by atoms with Gasteiger partial charge in [0.25, 0.3) is 0 Å². The minimum atomic E-state index is -4.96. The molecule has 17 nitrogen and oxygen atoms in total. The van der Waals surface area contributed by atoms with Gasteiger partial charge in [0.2, 0.25) is 0 Å². The summed E-state index contributed by atoms with van der Waals surface area (Å²) in [5.41, 5.74) is 0. The van der Waals surface area contributed by atoms with E-state index in [2.05, 4.69) is 27.7 Å². The molecule has 0 radical (unpaired) electrons. The third-order valence-electron chi connectivity index (χ3n) is 18.4. The standard InChI is InChI=1S/C78H152O17P2/c1-5-9-13-17-21-25-29-32-35-37-39-42-45-49-53-57-61-65-78(83)95-74(69-89-76(81)63-59-55-51-47-43-41-38-36-33-30-26-22-18-14-10-6-2)71-93-97(86,87)91-67-72(79)66-90-96(84,85)92-70-73(68-88-75(80)62-58-54-50-46-28-24-20-16-12-8-4)94-77(82)64-60-56-52-48-44-40-34-31-27-23-19-15-11-7-3/h72-74,79H,5-71H2,1-4H3,(H,84,85)(H,86,87)/t72-,73+,74+/m0/s1. The maximum Gasteiger partial charge on any atom is 0.472 e. The van der Waals surface area contributed by atoms with Gasteiger partial charge in [-0.1, -0.05) is 368 Å². The molecule has 0 aliphatic rings. The molecule has 0 heterocycles. The molecule has 0 saturated heterocycles. The second kappa shape index (κ2) is 72.4. The highest BCUT2D eigenvalue weighted by Crippen LogP contribution is 2.45. The Hall–Kier alpha value is -1.94. The first-order valence-electron chi connectivity index (χ1n) is 40.8. The number of hydrogen-bond donors (Lipinski definition) is 3. The fraction of sp³-hybridized carbons (Fsp3) is 0.949. The molecule has 2 unspecified atom stereocenters. The third kappa shape index (κ3) is 72.2. The van der Waals surface area contributed by atoms with Crippen molar-refractivity contribution in [2.75, 3.05) is 39.6 Å². The van der Waals surface area contributed by atoms with Crippen LogP contribution in [0, 0.1) is 0 Å². The quantitative estimate of drug-likeness (QED) is 0.0222. The Morgan fingerprint density at radius 2 is 0.412 bits per heavy atom. The number of aliphatic hydroxyl groups is 1. The van der Waals surface area contributed by atoms with E-state index in [-0.39, 0.29) is 25.7 Å². The van der Waals surface area contributed by atoms with Gasteiger partial charge in [0.1, 0.15) is 19.3 Å². The van der Waals surface area contributed by atoms with Gasteiger partial charge in [0.15, 0.2) is 12.2 Å². The monoisotopic (exact) mass is 1420 g/mol. The maximum absolute atomic E-state index is 13.1. The molecule has 0 amide bonds. The first-order chi connectivity index (χ1) is 47.2. The maximum atomic E-state index is 13.1. The van der Waals surface area contributed by atoms with Gasteiger partial charge < -0.3 is 33.8 Å². The van der Waals surface area contributed by atoms with Crippen molar-refractivity contribution in [2.24, 2.45) is 0 Å². The first-order valence-corrected chi connectivity index (χ1v) is 43.8. The number of phosphoric acid groups is 2. The Balaban J connectivity index is 5.24. The van der Waals surface area contributed by atoms with Gasteiger partial charge in [-0.05, 0) is 25.7 Å². The van der Waals surface area contributed by atoms with Crippen molar-refractivity contribution >= 4 is 39.5 Å². The van der Waals surface area contributed by atoms with E-state index in [4.69, 9.17) is 37.0 Å². The van der Waals surface area contributed by atoms with Crippen molar-refractivity contribution in [1.29, 1.82) is 0 Å². The smallest absolute Gasteiger partial charge is 0.462 e. The van der Waals surface area contributed by atoms with Crippen molar-refractivity contribution < 1.29 is 80.2 Å². The zero-order valence-corrected chi connectivity index (χ0v) is 64.8. The van der Waals surface area contributed by atoms with Crippen LogP contribution in [0.25, 0.3) is 0 Å². The van der Waals surface area contributed by atoms with E-state index >= 15 is 0 Å². The fourth-order valence-corrected chi connectivity index (χ4v) is 13.7. The topological polar surface area (TPSA) is 237 Å². The van der Waals surface area contributed by atoms with Gasteiger partial charge >= 0.3 is 39.5 Å². The van der Waals surface area contributed by atoms with Crippen molar-refractivity contribution in [3.63, 3.8) is 0 Å². The summed E-state index contributed by atoms with van der Waals surface area (Å²) in [5.74, 6) is -2.11. The Morgan fingerprint density at radius 1 is 0.247 bits per heavy atom. The van der Waals surface area contributed by atoms with Gasteiger partial charge in [0.05, 0.1) is 26.4 Å². The lowest BCUT2D eigenvalue weighted by atomic mass is 10.0. The van der Waals surface area contributed by atoms with Crippen LogP contribution in [0.15, 0.2) is 0 Å². The minimum absolute atomic E-state index is 0.109. The van der Waals surface area contributed by atoms with Crippen LogP contribution in [-0.4, -0.2) is 96.7 Å². The van der Waals surface area contributed by atoms with Crippen LogP contribution in [0.2, 0.25) is 0 Å². The lowest BCUT2D eigenvalue weighted by Crippen LogP contribution is -2.30. The molecule has 0 bridgehead atoms. The highest BCUT2D eigenvalue weighted by Gasteiger charge is 2.30. The Bertz CT molecular complexity index is 1840. The van der Waals surface area contributed by atoms with E-state index in [1.807, 2.05) is 0 Å². The molecule has 0 aliphatic heterocycles. The van der Waals surface area contributed by atoms with Gasteiger partial charge in [-0.2, -0.15) is 0 Å². The van der Waals surface area contributed by atoms with E-state index in [0.29, 0.717) is 25.7 Å². The third-order valence-corrected chi connectivity index (χ3v) is 20.3. The van der Waals surface area contributed by atoms with Crippen molar-refractivity contribution in [2.45, 2.75) is 438 Å². The summed E-state index contributed by atoms with van der Waals surface area (Å²) < 4.78 is 68.6. The molecule has 0 aliphatic carbocycles. The first kappa shape index (κ1) is 95.1. The summed E-state index contributed by atoms with van der Waals surface area (Å²) in [6.45, 7) is 5.01. The van der Waals surface area contributed by atoms with E-state index in [9.17, 15) is 43.2 Å². The van der Waals surface area contributed by atoms with Gasteiger partial charge in [-0.15, -0.1) is 0 Å². The molecule has 0 aromatic rings. The van der Waals surface area contributed by atoms with E-state index in [1.165, 1.54) is 250 Å². The fourth-order valence-electron chi connectivity index (χ4n) is 12.1. The second-order valence-electron chi connectivity index (χ2n) is 28.1. The molecule has 19 heteroatoms. The molecule has 0 saturated carbocycles. The molecule has 97 heavy (non-hydrogen) atoms. The Labute approximate surface area is 594 Å². The van der Waals surface area contributed by atoms with Crippen LogP contribution >= 0.6 is 15.6 Å². The van der Waals surface area contributed by atoms with Crippen LogP contribution in [0.5, 0.6) is 0 Å². The number of rotatable bonds is 79. The van der Waals surface area contributed by atoms with Gasteiger partial charge in [-0.3, -0.25) is 37.3 Å². The minimum Gasteiger partial charge on any atom is -0.462 e. The molecule has 0 spiro atoms. The zero-order chi connectivity index (χ0) is 71.1. The highest BCUT2D eigenvalue weighted by atomic mass is 31.2. The average Bonchev–Trinajstić information content (AvgIpc) is 1.26. The summed E-state index contributed by atoms with van der Waals surface area (Å²) in [4.78, 5) is 72.9. The van der Waals surface area contributed by atoms with Gasteiger partial charge in [0, 0.05) is 25.7 Å². The molecule has 0 aromatic carbocycles. The number of carbonyl (C=O) groups excluding carboxylic acids is 4. The second-order valence-corrected chi connectivity index (χ2v) is 31.0. The molecule has 576 valence electrons. The zero-order valence-electron chi connectivity index (χ0n) is 63.1. The molecular formula is C78H152O17P2. The number of carbonyl (C=O) groups is 4. The number of hydrogen-bond acceptors (Lipinski definition) is 15. The molecule has 5 atom stereocenters. The van der Waals surface area contributed by atoms with E-state index < -0.39 is 97.5 Å². The number of ether oxygens (including phenoxy) is 4. The van der Waals surface area contributed by atoms with Crippen LogP contribution in [0.4, 0.5) is 0 Å². The van der Waals surface area contributed by atoms with Crippen LogP contribution in [0.1, 0.15) is 419 Å². The molecular weight excluding hydrogens is 1270 g/mol. The highest BCUT2D eigenvalue weighted by molar-refractivity contribution is 7.47. The normalized spacial score (nSPS) is 13.8. The SMILES string of the molecule is CCCCCCCCCCCCCCCCCCCC(=O)O[C@H](COC(=O)CCCCCCCCCCCCCCCCCC)COP(=O)(O)OC[C@@H](O)COP(=O)(O)OC[C@@H](COC(=O)CCCCCCCCCCCC)OC(=O)CCCCCCCCCCCCCCCC. The lowest BCUT2D eigenvalue weighted by molar-refractivity contribution is -0.161. The average molecular weight is 1420 g/mol. The van der Waals surface area contributed by atoms with Crippen LogP contribution in [-0.2, 0) is 65.4 Å².